The summed E-state index contributed by atoms with van der Waals surface area (Å²) >= 11 is 11.9. The first kappa shape index (κ1) is 14.5. The van der Waals surface area contributed by atoms with Gasteiger partial charge < -0.3 is 10.1 Å². The molecule has 0 spiro atoms. The SMILES string of the molecule is COc1cccc(NC(C#N)c2cc(Cl)cc(Cl)c2)c1. The molecule has 2 rings (SSSR count). The van der Waals surface area contributed by atoms with Crippen molar-refractivity contribution >= 4 is 28.9 Å². The number of anilines is 1. The van der Waals surface area contributed by atoms with E-state index in [0.717, 1.165) is 11.4 Å². The van der Waals surface area contributed by atoms with Gasteiger partial charge in [-0.2, -0.15) is 5.26 Å². The zero-order chi connectivity index (χ0) is 14.5. The Hall–Kier alpha value is -1.89. The molecule has 3 nitrogen and oxygen atoms in total. The van der Waals surface area contributed by atoms with Crippen LogP contribution in [0.4, 0.5) is 5.69 Å². The van der Waals surface area contributed by atoms with E-state index in [1.54, 1.807) is 25.3 Å². The number of hydrogen-bond acceptors (Lipinski definition) is 3. The average molecular weight is 307 g/mol. The third kappa shape index (κ3) is 3.57. The Bertz CT molecular complexity index is 632. The normalized spacial score (nSPS) is 11.5. The quantitative estimate of drug-likeness (QED) is 0.892. The van der Waals surface area contributed by atoms with E-state index in [4.69, 9.17) is 27.9 Å². The lowest BCUT2D eigenvalue weighted by Crippen LogP contribution is -2.08. The number of benzene rings is 2. The fourth-order valence-electron chi connectivity index (χ4n) is 1.81. The Balaban J connectivity index is 2.26. The topological polar surface area (TPSA) is 45.0 Å². The molecule has 0 radical (unpaired) electrons. The van der Waals surface area contributed by atoms with Crippen molar-refractivity contribution in [2.75, 3.05) is 12.4 Å². The van der Waals surface area contributed by atoms with Gasteiger partial charge in [-0.15, -0.1) is 0 Å². The summed E-state index contributed by atoms with van der Waals surface area (Å²) in [7, 11) is 1.59. The summed E-state index contributed by atoms with van der Waals surface area (Å²) in [5.41, 5.74) is 1.50. The molecule has 1 atom stereocenters. The zero-order valence-electron chi connectivity index (χ0n) is 10.7. The van der Waals surface area contributed by atoms with Gasteiger partial charge >= 0.3 is 0 Å². The molecule has 20 heavy (non-hydrogen) atoms. The molecule has 5 heteroatoms. The molecule has 0 aliphatic rings. The molecule has 2 aromatic carbocycles. The van der Waals surface area contributed by atoms with Crippen LogP contribution in [-0.2, 0) is 0 Å². The molecule has 1 N–H and O–H groups in total. The van der Waals surface area contributed by atoms with Gasteiger partial charge in [0.2, 0.25) is 0 Å². The van der Waals surface area contributed by atoms with E-state index in [-0.39, 0.29) is 0 Å². The van der Waals surface area contributed by atoms with Crippen molar-refractivity contribution in [3.63, 3.8) is 0 Å². The first-order chi connectivity index (χ1) is 9.62. The van der Waals surface area contributed by atoms with E-state index >= 15 is 0 Å². The van der Waals surface area contributed by atoms with Crippen LogP contribution >= 0.6 is 23.2 Å². The van der Waals surface area contributed by atoms with Gasteiger partial charge in [-0.1, -0.05) is 29.3 Å². The minimum atomic E-state index is -0.543. The van der Waals surface area contributed by atoms with Gasteiger partial charge in [0.15, 0.2) is 0 Å². The number of hydrogen-bond donors (Lipinski definition) is 1. The summed E-state index contributed by atoms with van der Waals surface area (Å²) in [6, 6.07) is 14.1. The van der Waals surface area contributed by atoms with Crippen molar-refractivity contribution in [1.82, 2.24) is 0 Å². The predicted molar refractivity (Wildman–Crippen MR) is 81.4 cm³/mol. The fourth-order valence-corrected chi connectivity index (χ4v) is 2.35. The van der Waals surface area contributed by atoms with Gasteiger partial charge in [-0.3, -0.25) is 0 Å². The van der Waals surface area contributed by atoms with Crippen molar-refractivity contribution in [3.8, 4) is 11.8 Å². The van der Waals surface area contributed by atoms with Crippen LogP contribution in [0.3, 0.4) is 0 Å². The van der Waals surface area contributed by atoms with Crippen LogP contribution in [0, 0.1) is 11.3 Å². The monoisotopic (exact) mass is 306 g/mol. The molecule has 0 amide bonds. The maximum Gasteiger partial charge on any atom is 0.140 e. The van der Waals surface area contributed by atoms with E-state index in [2.05, 4.69) is 11.4 Å². The molecule has 0 saturated heterocycles. The van der Waals surface area contributed by atoms with Crippen LogP contribution in [0.25, 0.3) is 0 Å². The number of nitriles is 1. The number of nitrogens with one attached hydrogen (secondary N) is 1. The van der Waals surface area contributed by atoms with Crippen molar-refractivity contribution in [2.24, 2.45) is 0 Å². The van der Waals surface area contributed by atoms with E-state index in [9.17, 15) is 5.26 Å². The Morgan fingerprint density at radius 2 is 1.85 bits per heavy atom. The third-order valence-corrected chi connectivity index (χ3v) is 3.16. The van der Waals surface area contributed by atoms with Crippen LogP contribution in [0.1, 0.15) is 11.6 Å². The molecular formula is C15H12Cl2N2O. The molecule has 102 valence electrons. The number of methoxy groups -OCH3 is 1. The maximum absolute atomic E-state index is 9.32. The lowest BCUT2D eigenvalue weighted by atomic mass is 10.1. The summed E-state index contributed by atoms with van der Waals surface area (Å²) in [5, 5.41) is 13.4. The first-order valence-corrected chi connectivity index (χ1v) is 6.64. The molecule has 0 aliphatic heterocycles. The Morgan fingerprint density at radius 3 is 2.45 bits per heavy atom. The van der Waals surface area contributed by atoms with Crippen LogP contribution in [0.2, 0.25) is 10.0 Å². The van der Waals surface area contributed by atoms with Crippen LogP contribution in [0.15, 0.2) is 42.5 Å². The van der Waals surface area contributed by atoms with Gasteiger partial charge in [0.25, 0.3) is 0 Å². The number of ether oxygens (including phenoxy) is 1. The Morgan fingerprint density at radius 1 is 1.15 bits per heavy atom. The van der Waals surface area contributed by atoms with E-state index < -0.39 is 6.04 Å². The lowest BCUT2D eigenvalue weighted by molar-refractivity contribution is 0.415. The van der Waals surface area contributed by atoms with Crippen molar-refractivity contribution in [1.29, 1.82) is 5.26 Å². The van der Waals surface area contributed by atoms with Gasteiger partial charge in [0.05, 0.1) is 13.2 Å². The molecule has 0 fully saturated rings. The Kier molecular flexibility index (Phi) is 4.73. The summed E-state index contributed by atoms with van der Waals surface area (Å²) in [4.78, 5) is 0. The fraction of sp³-hybridized carbons (Fsp3) is 0.133. The molecule has 2 aromatic rings. The maximum atomic E-state index is 9.32. The molecular weight excluding hydrogens is 295 g/mol. The van der Waals surface area contributed by atoms with Crippen LogP contribution < -0.4 is 10.1 Å². The molecule has 0 aromatic heterocycles. The van der Waals surface area contributed by atoms with Gasteiger partial charge in [0.1, 0.15) is 11.8 Å². The van der Waals surface area contributed by atoms with E-state index in [0.29, 0.717) is 15.6 Å². The molecule has 0 saturated carbocycles. The van der Waals surface area contributed by atoms with Crippen LogP contribution in [0.5, 0.6) is 5.75 Å². The van der Waals surface area contributed by atoms with Gasteiger partial charge in [-0.05, 0) is 35.9 Å². The highest BCUT2D eigenvalue weighted by atomic mass is 35.5. The second-order valence-corrected chi connectivity index (χ2v) is 5.01. The third-order valence-electron chi connectivity index (χ3n) is 2.73. The second-order valence-electron chi connectivity index (χ2n) is 4.14. The van der Waals surface area contributed by atoms with Crippen molar-refractivity contribution in [3.05, 3.63) is 58.1 Å². The lowest BCUT2D eigenvalue weighted by Gasteiger charge is -2.14. The highest BCUT2D eigenvalue weighted by Crippen LogP contribution is 2.27. The standard InChI is InChI=1S/C15H12Cl2N2O/c1-20-14-4-2-3-13(8-14)19-15(9-18)10-5-11(16)7-12(17)6-10/h2-8,15,19H,1H3. The predicted octanol–water partition coefficient (Wildman–Crippen LogP) is 4.68. The average Bonchev–Trinajstić information content (AvgIpc) is 2.44. The molecule has 0 heterocycles. The van der Waals surface area contributed by atoms with Crippen molar-refractivity contribution < 1.29 is 4.74 Å². The summed E-state index contributed by atoms with van der Waals surface area (Å²) in [5.74, 6) is 0.718. The molecule has 1 unspecified atom stereocenters. The minimum Gasteiger partial charge on any atom is -0.497 e. The van der Waals surface area contributed by atoms with E-state index in [1.807, 2.05) is 24.3 Å². The molecule has 0 aliphatic carbocycles. The summed E-state index contributed by atoms with van der Waals surface area (Å²) in [6.45, 7) is 0. The highest BCUT2D eigenvalue weighted by Gasteiger charge is 2.12. The summed E-state index contributed by atoms with van der Waals surface area (Å²) < 4.78 is 5.15. The molecule has 0 bridgehead atoms. The number of halogens is 2. The van der Waals surface area contributed by atoms with Crippen LogP contribution in [-0.4, -0.2) is 7.11 Å². The van der Waals surface area contributed by atoms with E-state index in [1.165, 1.54) is 0 Å². The number of nitrogens with zero attached hydrogens (tertiary/aromatic N) is 1. The van der Waals surface area contributed by atoms with Gasteiger partial charge in [0, 0.05) is 21.8 Å². The smallest absolute Gasteiger partial charge is 0.140 e. The summed E-state index contributed by atoms with van der Waals surface area (Å²) in [6.07, 6.45) is 0. The first-order valence-electron chi connectivity index (χ1n) is 5.88. The largest absolute Gasteiger partial charge is 0.497 e. The Labute approximate surface area is 127 Å². The minimum absolute atomic E-state index is 0.500. The van der Waals surface area contributed by atoms with Gasteiger partial charge in [-0.25, -0.2) is 0 Å². The van der Waals surface area contributed by atoms with Crippen molar-refractivity contribution in [2.45, 2.75) is 6.04 Å². The second kappa shape index (κ2) is 6.51. The number of rotatable bonds is 4. The zero-order valence-corrected chi connectivity index (χ0v) is 12.2. The highest BCUT2D eigenvalue weighted by molar-refractivity contribution is 6.34.